The predicted octanol–water partition coefficient (Wildman–Crippen LogP) is 3.55. The van der Waals surface area contributed by atoms with Gasteiger partial charge in [0.15, 0.2) is 0 Å². The zero-order valence-electron chi connectivity index (χ0n) is 10.7. The monoisotopic (exact) mass is 260 g/mol. The second kappa shape index (κ2) is 5.98. The van der Waals surface area contributed by atoms with Crippen LogP contribution in [0.3, 0.4) is 0 Å². The molecule has 2 rings (SSSR count). The summed E-state index contributed by atoms with van der Waals surface area (Å²) in [6, 6.07) is 14.3. The van der Waals surface area contributed by atoms with E-state index in [4.69, 9.17) is 11.6 Å². The second-order valence-electron chi connectivity index (χ2n) is 4.38. The van der Waals surface area contributed by atoms with Crippen LogP contribution in [-0.2, 0) is 6.42 Å². The smallest absolute Gasteiger partial charge is 0.0579 e. The minimum atomic E-state index is 0.228. The fourth-order valence-electron chi connectivity index (χ4n) is 1.97. The largest absolute Gasteiger partial charge is 0.311 e. The number of halogens is 1. The lowest BCUT2D eigenvalue weighted by atomic mass is 10.0. The Labute approximate surface area is 113 Å². The zero-order valence-corrected chi connectivity index (χ0v) is 11.4. The van der Waals surface area contributed by atoms with Crippen LogP contribution in [0.25, 0.3) is 0 Å². The third-order valence-corrected chi connectivity index (χ3v) is 3.22. The molecular weight excluding hydrogens is 244 g/mol. The van der Waals surface area contributed by atoms with Crippen LogP contribution in [0.4, 0.5) is 0 Å². The number of rotatable bonds is 4. The first-order chi connectivity index (χ1) is 8.69. The van der Waals surface area contributed by atoms with Gasteiger partial charge in [0.05, 0.1) is 11.7 Å². The Balaban J connectivity index is 2.17. The molecule has 18 heavy (non-hydrogen) atoms. The van der Waals surface area contributed by atoms with Crippen LogP contribution in [0.5, 0.6) is 0 Å². The van der Waals surface area contributed by atoms with Crippen molar-refractivity contribution >= 4 is 11.6 Å². The van der Waals surface area contributed by atoms with Gasteiger partial charge in [0, 0.05) is 10.7 Å². The summed E-state index contributed by atoms with van der Waals surface area (Å²) in [6.45, 7) is 2.01. The Morgan fingerprint density at radius 1 is 1.17 bits per heavy atom. The van der Waals surface area contributed by atoms with Gasteiger partial charge >= 0.3 is 0 Å². The van der Waals surface area contributed by atoms with Crippen LogP contribution in [0.1, 0.15) is 23.0 Å². The van der Waals surface area contributed by atoms with Gasteiger partial charge in [0.2, 0.25) is 0 Å². The Bertz CT molecular complexity index is 508. The van der Waals surface area contributed by atoms with Crippen molar-refractivity contribution < 1.29 is 0 Å². The molecule has 94 valence electrons. The van der Waals surface area contributed by atoms with Crippen molar-refractivity contribution in [2.75, 3.05) is 7.05 Å². The summed E-state index contributed by atoms with van der Waals surface area (Å²) < 4.78 is 0. The van der Waals surface area contributed by atoms with E-state index >= 15 is 0 Å². The maximum Gasteiger partial charge on any atom is 0.0579 e. The molecule has 2 nitrogen and oxygen atoms in total. The normalized spacial score (nSPS) is 12.4. The molecule has 1 heterocycles. The number of hydrogen-bond donors (Lipinski definition) is 1. The van der Waals surface area contributed by atoms with Gasteiger partial charge in [-0.1, -0.05) is 29.8 Å². The van der Waals surface area contributed by atoms with Crippen molar-refractivity contribution in [2.45, 2.75) is 19.4 Å². The van der Waals surface area contributed by atoms with Crippen LogP contribution in [0, 0.1) is 6.92 Å². The summed E-state index contributed by atoms with van der Waals surface area (Å²) in [5.74, 6) is 0. The first-order valence-corrected chi connectivity index (χ1v) is 6.42. The van der Waals surface area contributed by atoms with Crippen molar-refractivity contribution in [1.29, 1.82) is 0 Å². The van der Waals surface area contributed by atoms with Crippen LogP contribution < -0.4 is 5.32 Å². The lowest BCUT2D eigenvalue weighted by Crippen LogP contribution is -2.20. The number of aryl methyl sites for hydroxylation is 1. The molecule has 3 heteroatoms. The van der Waals surface area contributed by atoms with E-state index < -0.39 is 0 Å². The third kappa shape index (κ3) is 3.31. The highest BCUT2D eigenvalue weighted by Gasteiger charge is 2.11. The highest BCUT2D eigenvalue weighted by Crippen LogP contribution is 2.18. The SMILES string of the molecule is CNC(Cc1ccc(Cl)cc1)c1cccc(C)n1. The average molecular weight is 261 g/mol. The maximum atomic E-state index is 5.89. The van der Waals surface area contributed by atoms with E-state index in [0.29, 0.717) is 0 Å². The standard InChI is InChI=1S/C15H17ClN2/c1-11-4-3-5-14(18-11)15(17-2)10-12-6-8-13(16)9-7-12/h3-9,15,17H,10H2,1-2H3. The van der Waals surface area contributed by atoms with Crippen LogP contribution in [0.2, 0.25) is 5.02 Å². The van der Waals surface area contributed by atoms with E-state index in [0.717, 1.165) is 22.8 Å². The van der Waals surface area contributed by atoms with Gasteiger partial charge in [-0.05, 0) is 50.2 Å². The molecule has 0 spiro atoms. The van der Waals surface area contributed by atoms with Crippen molar-refractivity contribution in [3.8, 4) is 0 Å². The summed E-state index contributed by atoms with van der Waals surface area (Å²) in [7, 11) is 1.96. The van der Waals surface area contributed by atoms with Crippen LogP contribution in [-0.4, -0.2) is 12.0 Å². The summed E-state index contributed by atoms with van der Waals surface area (Å²) in [5.41, 5.74) is 3.37. The van der Waals surface area contributed by atoms with E-state index in [2.05, 4.69) is 28.5 Å². The molecule has 0 aliphatic carbocycles. The topological polar surface area (TPSA) is 24.9 Å². The number of pyridine rings is 1. The van der Waals surface area contributed by atoms with Crippen LogP contribution in [0.15, 0.2) is 42.5 Å². The molecule has 0 aliphatic rings. The van der Waals surface area contributed by atoms with Gasteiger partial charge in [-0.25, -0.2) is 0 Å². The minimum Gasteiger partial charge on any atom is -0.311 e. The van der Waals surface area contributed by atoms with Crippen molar-refractivity contribution in [2.24, 2.45) is 0 Å². The first-order valence-electron chi connectivity index (χ1n) is 6.04. The van der Waals surface area contributed by atoms with E-state index in [1.807, 2.05) is 38.2 Å². The van der Waals surface area contributed by atoms with Gasteiger partial charge in [-0.3, -0.25) is 4.98 Å². The first kappa shape index (κ1) is 13.1. The number of benzene rings is 1. The predicted molar refractivity (Wildman–Crippen MR) is 75.9 cm³/mol. The summed E-state index contributed by atoms with van der Waals surface area (Å²) in [5, 5.41) is 4.08. The molecular formula is C15H17ClN2. The molecule has 0 bridgehead atoms. The number of hydrogen-bond acceptors (Lipinski definition) is 2. The van der Waals surface area contributed by atoms with E-state index in [1.165, 1.54) is 5.56 Å². The average Bonchev–Trinajstić information content (AvgIpc) is 2.38. The molecule has 0 fully saturated rings. The van der Waals surface area contributed by atoms with Crippen LogP contribution >= 0.6 is 11.6 Å². The highest BCUT2D eigenvalue weighted by molar-refractivity contribution is 6.30. The highest BCUT2D eigenvalue weighted by atomic mass is 35.5. The summed E-state index contributed by atoms with van der Waals surface area (Å²) in [4.78, 5) is 4.57. The Morgan fingerprint density at radius 2 is 1.89 bits per heavy atom. The van der Waals surface area contributed by atoms with E-state index in [1.54, 1.807) is 0 Å². The van der Waals surface area contributed by atoms with Crippen molar-refractivity contribution in [1.82, 2.24) is 10.3 Å². The lowest BCUT2D eigenvalue weighted by molar-refractivity contribution is 0.574. The second-order valence-corrected chi connectivity index (χ2v) is 4.81. The molecule has 0 radical (unpaired) electrons. The molecule has 1 aromatic carbocycles. The fourth-order valence-corrected chi connectivity index (χ4v) is 2.09. The van der Waals surface area contributed by atoms with Gasteiger partial charge in [-0.2, -0.15) is 0 Å². The molecule has 1 atom stereocenters. The number of aromatic nitrogens is 1. The molecule has 0 amide bonds. The van der Waals surface area contributed by atoms with Gasteiger partial charge < -0.3 is 5.32 Å². The summed E-state index contributed by atoms with van der Waals surface area (Å²) in [6.07, 6.45) is 0.907. The molecule has 1 N–H and O–H groups in total. The number of likely N-dealkylation sites (N-methyl/N-ethyl adjacent to an activating group) is 1. The van der Waals surface area contributed by atoms with Gasteiger partial charge in [0.25, 0.3) is 0 Å². The van der Waals surface area contributed by atoms with Crippen molar-refractivity contribution in [3.63, 3.8) is 0 Å². The molecule has 0 saturated heterocycles. The molecule has 2 aromatic rings. The quantitative estimate of drug-likeness (QED) is 0.910. The van der Waals surface area contributed by atoms with Gasteiger partial charge in [-0.15, -0.1) is 0 Å². The Kier molecular flexibility index (Phi) is 4.34. The molecule has 1 aromatic heterocycles. The Hall–Kier alpha value is -1.38. The third-order valence-electron chi connectivity index (χ3n) is 2.97. The number of nitrogens with one attached hydrogen (secondary N) is 1. The maximum absolute atomic E-state index is 5.89. The zero-order chi connectivity index (χ0) is 13.0. The molecule has 0 saturated carbocycles. The number of nitrogens with zero attached hydrogens (tertiary/aromatic N) is 1. The van der Waals surface area contributed by atoms with E-state index in [-0.39, 0.29) is 6.04 Å². The Morgan fingerprint density at radius 3 is 2.50 bits per heavy atom. The minimum absolute atomic E-state index is 0.228. The van der Waals surface area contributed by atoms with Gasteiger partial charge in [0.1, 0.15) is 0 Å². The van der Waals surface area contributed by atoms with E-state index in [9.17, 15) is 0 Å². The molecule has 1 unspecified atom stereocenters. The van der Waals surface area contributed by atoms with Crippen molar-refractivity contribution in [3.05, 3.63) is 64.4 Å². The lowest BCUT2D eigenvalue weighted by Gasteiger charge is -2.16. The summed E-state index contributed by atoms with van der Waals surface area (Å²) >= 11 is 5.89. The fraction of sp³-hybridized carbons (Fsp3) is 0.267. The molecule has 0 aliphatic heterocycles.